The van der Waals surface area contributed by atoms with Gasteiger partial charge in [-0.05, 0) is 24.3 Å². The summed E-state index contributed by atoms with van der Waals surface area (Å²) in [5.41, 5.74) is 2.96. The Bertz CT molecular complexity index is 1080. The lowest BCUT2D eigenvalue weighted by Gasteiger charge is -2.26. The molecule has 1 fully saturated rings. The molecule has 0 saturated carbocycles. The molecular weight excluding hydrogens is 435 g/mol. The molecule has 0 aliphatic carbocycles. The average Bonchev–Trinajstić information content (AvgIpc) is 2.80. The van der Waals surface area contributed by atoms with E-state index in [0.717, 1.165) is 44.0 Å². The molecule has 0 amide bonds. The Morgan fingerprint density at radius 3 is 2.00 bits per heavy atom. The van der Waals surface area contributed by atoms with E-state index < -0.39 is 0 Å². The van der Waals surface area contributed by atoms with Crippen LogP contribution in [-0.2, 0) is 4.74 Å². The minimum atomic E-state index is 0.143. The zero-order valence-electron chi connectivity index (χ0n) is 16.7. The normalized spacial score (nSPS) is 14.2. The molecule has 2 aromatic carbocycles. The van der Waals surface area contributed by atoms with Gasteiger partial charge < -0.3 is 9.47 Å². The Kier molecular flexibility index (Phi) is 7.00. The van der Waals surface area contributed by atoms with Gasteiger partial charge in [0.15, 0.2) is 0 Å². The molecule has 0 N–H and O–H groups in total. The average molecular weight is 455 g/mol. The minimum absolute atomic E-state index is 0.143. The summed E-state index contributed by atoms with van der Waals surface area (Å²) < 4.78 is 11.3. The van der Waals surface area contributed by atoms with Crippen LogP contribution in [0.1, 0.15) is 5.69 Å². The molecule has 1 aliphatic heterocycles. The fraction of sp³-hybridized carbons (Fsp3) is 0.261. The van der Waals surface area contributed by atoms with Crippen LogP contribution in [0.5, 0.6) is 5.88 Å². The highest BCUT2D eigenvalue weighted by atomic mass is 35.5. The maximum absolute atomic E-state index is 9.68. The zero-order valence-corrected chi connectivity index (χ0v) is 18.2. The van der Waals surface area contributed by atoms with Gasteiger partial charge in [0, 0.05) is 40.8 Å². The second kappa shape index (κ2) is 10.1. The van der Waals surface area contributed by atoms with Crippen LogP contribution in [0.3, 0.4) is 0 Å². The molecule has 0 radical (unpaired) electrons. The fourth-order valence-electron chi connectivity index (χ4n) is 3.31. The van der Waals surface area contributed by atoms with E-state index in [4.69, 9.17) is 37.7 Å². The SMILES string of the molecule is N#Cc1nc(-c2ccc(Cl)cc2)c(-c2ccc(Cl)cc2)nc1OCCN1CCOCC1. The molecule has 0 bridgehead atoms. The first-order chi connectivity index (χ1) is 15.1. The van der Waals surface area contributed by atoms with Crippen molar-refractivity contribution in [1.82, 2.24) is 14.9 Å². The van der Waals surface area contributed by atoms with Gasteiger partial charge in [0.1, 0.15) is 18.4 Å². The Morgan fingerprint density at radius 2 is 1.45 bits per heavy atom. The molecule has 0 spiro atoms. The van der Waals surface area contributed by atoms with Gasteiger partial charge >= 0.3 is 0 Å². The standard InChI is InChI=1S/C23H20Cl2N4O2/c24-18-5-1-16(2-6-18)21-22(17-3-7-19(25)8-4-17)28-23(20(15-26)27-21)31-14-11-29-9-12-30-13-10-29/h1-8H,9-14H2. The summed E-state index contributed by atoms with van der Waals surface area (Å²) in [7, 11) is 0. The minimum Gasteiger partial charge on any atom is -0.474 e. The van der Waals surface area contributed by atoms with E-state index in [1.165, 1.54) is 0 Å². The summed E-state index contributed by atoms with van der Waals surface area (Å²) in [6.07, 6.45) is 0. The predicted octanol–water partition coefficient (Wildman–Crippen LogP) is 4.70. The smallest absolute Gasteiger partial charge is 0.251 e. The van der Waals surface area contributed by atoms with Gasteiger partial charge in [-0.3, -0.25) is 4.90 Å². The van der Waals surface area contributed by atoms with Gasteiger partial charge in [0.2, 0.25) is 5.69 Å². The third-order valence-electron chi connectivity index (χ3n) is 4.96. The number of nitriles is 1. The lowest BCUT2D eigenvalue weighted by Crippen LogP contribution is -2.38. The molecule has 1 aliphatic rings. The lowest BCUT2D eigenvalue weighted by atomic mass is 10.0. The topological polar surface area (TPSA) is 71.3 Å². The van der Waals surface area contributed by atoms with Gasteiger partial charge in [-0.25, -0.2) is 9.97 Å². The molecule has 8 heteroatoms. The highest BCUT2D eigenvalue weighted by molar-refractivity contribution is 6.31. The molecule has 0 atom stereocenters. The van der Waals surface area contributed by atoms with E-state index in [0.29, 0.717) is 28.0 Å². The zero-order chi connectivity index (χ0) is 21.6. The van der Waals surface area contributed by atoms with Gasteiger partial charge in [0.25, 0.3) is 5.88 Å². The summed E-state index contributed by atoms with van der Waals surface area (Å²) in [5.74, 6) is 0.221. The van der Waals surface area contributed by atoms with Gasteiger partial charge in [-0.2, -0.15) is 5.26 Å². The molecule has 4 rings (SSSR count). The second-order valence-electron chi connectivity index (χ2n) is 7.00. The third kappa shape index (κ3) is 5.33. The van der Waals surface area contributed by atoms with Crippen molar-refractivity contribution in [3.8, 4) is 34.5 Å². The van der Waals surface area contributed by atoms with Crippen molar-refractivity contribution in [1.29, 1.82) is 5.26 Å². The van der Waals surface area contributed by atoms with Crippen molar-refractivity contribution < 1.29 is 9.47 Å². The summed E-state index contributed by atoms with van der Waals surface area (Å²) in [5, 5.41) is 10.9. The van der Waals surface area contributed by atoms with Gasteiger partial charge in [0.05, 0.1) is 18.9 Å². The van der Waals surface area contributed by atoms with Crippen molar-refractivity contribution in [3.63, 3.8) is 0 Å². The number of halogens is 2. The maximum Gasteiger partial charge on any atom is 0.251 e. The van der Waals surface area contributed by atoms with Crippen LogP contribution in [0.2, 0.25) is 10.0 Å². The molecule has 3 aromatic rings. The number of rotatable bonds is 6. The van der Waals surface area contributed by atoms with Crippen LogP contribution < -0.4 is 4.74 Å². The third-order valence-corrected chi connectivity index (χ3v) is 5.46. The van der Waals surface area contributed by atoms with E-state index in [2.05, 4.69) is 16.0 Å². The summed E-state index contributed by atoms with van der Waals surface area (Å²) in [6, 6.07) is 16.7. The summed E-state index contributed by atoms with van der Waals surface area (Å²) in [6.45, 7) is 4.31. The van der Waals surface area contributed by atoms with E-state index in [1.54, 1.807) is 24.3 Å². The first-order valence-electron chi connectivity index (χ1n) is 9.91. The van der Waals surface area contributed by atoms with E-state index in [1.807, 2.05) is 24.3 Å². The molecule has 1 aromatic heterocycles. The second-order valence-corrected chi connectivity index (χ2v) is 7.88. The maximum atomic E-state index is 9.68. The van der Waals surface area contributed by atoms with Crippen LogP contribution >= 0.6 is 23.2 Å². The highest BCUT2D eigenvalue weighted by Crippen LogP contribution is 2.33. The highest BCUT2D eigenvalue weighted by Gasteiger charge is 2.19. The van der Waals surface area contributed by atoms with Crippen molar-refractivity contribution >= 4 is 23.2 Å². The molecule has 6 nitrogen and oxygen atoms in total. The molecule has 2 heterocycles. The van der Waals surface area contributed by atoms with E-state index in [-0.39, 0.29) is 11.6 Å². The Morgan fingerprint density at radius 1 is 0.903 bits per heavy atom. The van der Waals surface area contributed by atoms with Crippen LogP contribution in [-0.4, -0.2) is 54.3 Å². The number of hydrogen-bond acceptors (Lipinski definition) is 6. The Labute approximate surface area is 191 Å². The van der Waals surface area contributed by atoms with Crippen molar-refractivity contribution in [2.24, 2.45) is 0 Å². The number of benzene rings is 2. The van der Waals surface area contributed by atoms with Crippen molar-refractivity contribution in [3.05, 3.63) is 64.3 Å². The van der Waals surface area contributed by atoms with E-state index >= 15 is 0 Å². The summed E-state index contributed by atoms with van der Waals surface area (Å²) in [4.78, 5) is 11.6. The lowest BCUT2D eigenvalue weighted by molar-refractivity contribution is 0.0319. The van der Waals surface area contributed by atoms with Crippen LogP contribution in [0.4, 0.5) is 0 Å². The van der Waals surface area contributed by atoms with Crippen LogP contribution in [0.25, 0.3) is 22.5 Å². The van der Waals surface area contributed by atoms with Gasteiger partial charge in [-0.1, -0.05) is 47.5 Å². The van der Waals surface area contributed by atoms with E-state index in [9.17, 15) is 5.26 Å². The van der Waals surface area contributed by atoms with Crippen LogP contribution in [0.15, 0.2) is 48.5 Å². The Balaban J connectivity index is 1.68. The van der Waals surface area contributed by atoms with Crippen molar-refractivity contribution in [2.45, 2.75) is 0 Å². The number of aromatic nitrogens is 2. The van der Waals surface area contributed by atoms with Gasteiger partial charge in [-0.15, -0.1) is 0 Å². The monoisotopic (exact) mass is 454 g/mol. The molecule has 1 saturated heterocycles. The quantitative estimate of drug-likeness (QED) is 0.537. The number of morpholine rings is 1. The molecule has 31 heavy (non-hydrogen) atoms. The fourth-order valence-corrected chi connectivity index (χ4v) is 3.56. The summed E-state index contributed by atoms with van der Waals surface area (Å²) >= 11 is 12.1. The molecular formula is C23H20Cl2N4O2. The first-order valence-corrected chi connectivity index (χ1v) is 10.7. The van der Waals surface area contributed by atoms with Crippen molar-refractivity contribution in [2.75, 3.05) is 39.5 Å². The number of hydrogen-bond donors (Lipinski definition) is 0. The number of ether oxygens (including phenoxy) is 2. The number of nitrogens with zero attached hydrogens (tertiary/aromatic N) is 4. The Hall–Kier alpha value is -2.69. The molecule has 0 unspecified atom stereocenters. The predicted molar refractivity (Wildman–Crippen MR) is 120 cm³/mol. The first kappa shape index (κ1) is 21.5. The van der Waals surface area contributed by atoms with Crippen LogP contribution in [0, 0.1) is 11.3 Å². The molecule has 158 valence electrons. The largest absolute Gasteiger partial charge is 0.474 e.